The highest BCUT2D eigenvalue weighted by Crippen LogP contribution is 2.16. The third-order valence-electron chi connectivity index (χ3n) is 3.43. The van der Waals surface area contributed by atoms with E-state index in [-0.39, 0.29) is 5.91 Å². The zero-order valence-corrected chi connectivity index (χ0v) is 15.1. The Labute approximate surface area is 142 Å². The lowest BCUT2D eigenvalue weighted by Gasteiger charge is -2.09. The Kier molecular flexibility index (Phi) is 6.30. The lowest BCUT2D eigenvalue weighted by Crippen LogP contribution is -2.15. The Hall–Kier alpha value is -1.72. The number of amides is 1. The number of nitrogens with one attached hydrogen (secondary N) is 1. The van der Waals surface area contributed by atoms with Crippen LogP contribution in [0.25, 0.3) is 0 Å². The van der Waals surface area contributed by atoms with E-state index in [1.807, 2.05) is 17.5 Å². The molecule has 0 saturated carbocycles. The summed E-state index contributed by atoms with van der Waals surface area (Å²) in [6.45, 7) is 5.32. The fourth-order valence-electron chi connectivity index (χ4n) is 2.16. The summed E-state index contributed by atoms with van der Waals surface area (Å²) in [6.07, 6.45) is 1.92. The molecule has 1 N–H and O–H groups in total. The highest BCUT2D eigenvalue weighted by Gasteiger charge is 2.11. The van der Waals surface area contributed by atoms with E-state index in [0.717, 1.165) is 30.1 Å². The molecule has 0 aliphatic heterocycles. The first-order valence-electron chi connectivity index (χ1n) is 7.93. The summed E-state index contributed by atoms with van der Waals surface area (Å²) in [5.74, 6) is 0.407. The largest absolute Gasteiger partial charge is 0.321 e. The van der Waals surface area contributed by atoms with E-state index < -0.39 is 0 Å². The average Bonchev–Trinajstić information content (AvgIpc) is 2.94. The summed E-state index contributed by atoms with van der Waals surface area (Å²) in [5.41, 5.74) is 2.58. The van der Waals surface area contributed by atoms with Crippen molar-refractivity contribution >= 4 is 22.9 Å². The summed E-state index contributed by atoms with van der Waals surface area (Å²) in [7, 11) is 4.13. The fourth-order valence-corrected chi connectivity index (χ4v) is 3.15. The number of nitrogens with zero attached hydrogens (tertiary/aromatic N) is 2. The summed E-state index contributed by atoms with van der Waals surface area (Å²) in [5, 5.41) is 5.76. The van der Waals surface area contributed by atoms with Gasteiger partial charge in [-0.1, -0.05) is 26.0 Å². The lowest BCUT2D eigenvalue weighted by molar-refractivity contribution is 0.102. The summed E-state index contributed by atoms with van der Waals surface area (Å²) in [4.78, 5) is 18.8. The minimum atomic E-state index is -0.141. The van der Waals surface area contributed by atoms with Crippen molar-refractivity contribution in [2.45, 2.75) is 26.7 Å². The zero-order chi connectivity index (χ0) is 16.8. The maximum absolute atomic E-state index is 12.2. The number of benzene rings is 1. The molecule has 1 heterocycles. The standard InChI is InChI=1S/C18H25N3OS/c1-13(2)11-17-20-16(12-23-17)18(22)19-15-7-5-14(6-8-15)9-10-21(3)4/h5-8,12-13H,9-11H2,1-4H3,(H,19,22). The highest BCUT2D eigenvalue weighted by atomic mass is 32.1. The number of rotatable bonds is 7. The molecule has 4 nitrogen and oxygen atoms in total. The first kappa shape index (κ1) is 17.6. The molecule has 1 aromatic heterocycles. The van der Waals surface area contributed by atoms with Crippen LogP contribution >= 0.6 is 11.3 Å². The molecule has 23 heavy (non-hydrogen) atoms. The van der Waals surface area contributed by atoms with Crippen LogP contribution in [0.4, 0.5) is 5.69 Å². The molecular weight excluding hydrogens is 306 g/mol. The molecule has 1 amide bonds. The first-order valence-corrected chi connectivity index (χ1v) is 8.81. The Morgan fingerprint density at radius 2 is 1.96 bits per heavy atom. The van der Waals surface area contributed by atoms with E-state index >= 15 is 0 Å². The van der Waals surface area contributed by atoms with Gasteiger partial charge >= 0.3 is 0 Å². The van der Waals surface area contributed by atoms with Crippen molar-refractivity contribution < 1.29 is 4.79 Å². The molecule has 5 heteroatoms. The minimum Gasteiger partial charge on any atom is -0.321 e. The van der Waals surface area contributed by atoms with E-state index in [1.165, 1.54) is 5.56 Å². The van der Waals surface area contributed by atoms with Gasteiger partial charge in [0.25, 0.3) is 5.91 Å². The Bertz CT molecular complexity index is 632. The molecule has 0 atom stereocenters. The number of aromatic nitrogens is 1. The number of carbonyl (C=O) groups is 1. The van der Waals surface area contributed by atoms with E-state index in [4.69, 9.17) is 0 Å². The van der Waals surface area contributed by atoms with Crippen molar-refractivity contribution in [3.8, 4) is 0 Å². The molecule has 124 valence electrons. The third kappa shape index (κ3) is 5.77. The van der Waals surface area contributed by atoms with Crippen LogP contribution < -0.4 is 5.32 Å². The molecule has 0 fully saturated rings. The van der Waals surface area contributed by atoms with Crippen molar-refractivity contribution in [2.24, 2.45) is 5.92 Å². The molecule has 1 aromatic carbocycles. The molecule has 0 spiro atoms. The Morgan fingerprint density at radius 3 is 2.57 bits per heavy atom. The number of likely N-dealkylation sites (N-methyl/N-ethyl adjacent to an activating group) is 1. The quantitative estimate of drug-likeness (QED) is 0.841. The number of hydrogen-bond acceptors (Lipinski definition) is 4. The van der Waals surface area contributed by atoms with Crippen molar-refractivity contribution in [3.63, 3.8) is 0 Å². The summed E-state index contributed by atoms with van der Waals surface area (Å²) in [6, 6.07) is 8.02. The van der Waals surface area contributed by atoms with E-state index in [0.29, 0.717) is 11.6 Å². The molecule has 0 radical (unpaired) electrons. The van der Waals surface area contributed by atoms with Gasteiger partial charge in [-0.05, 0) is 44.1 Å². The van der Waals surface area contributed by atoms with Gasteiger partial charge in [0.1, 0.15) is 5.69 Å². The van der Waals surface area contributed by atoms with Crippen molar-refractivity contribution in [1.29, 1.82) is 0 Å². The fraction of sp³-hybridized carbons (Fsp3) is 0.444. The minimum absolute atomic E-state index is 0.141. The Balaban J connectivity index is 1.93. The number of carbonyl (C=O) groups excluding carboxylic acids is 1. The number of hydrogen-bond donors (Lipinski definition) is 1. The van der Waals surface area contributed by atoms with Crippen LogP contribution in [0.1, 0.15) is 34.9 Å². The van der Waals surface area contributed by atoms with Gasteiger partial charge in [0.2, 0.25) is 0 Å². The molecule has 0 aliphatic carbocycles. The molecule has 2 rings (SSSR count). The smallest absolute Gasteiger partial charge is 0.275 e. The maximum atomic E-state index is 12.2. The molecular formula is C18H25N3OS. The molecule has 0 saturated heterocycles. The first-order chi connectivity index (χ1) is 10.9. The van der Waals surface area contributed by atoms with Crippen LogP contribution in [0.5, 0.6) is 0 Å². The second-order valence-corrected chi connectivity index (χ2v) is 7.37. The normalized spacial score (nSPS) is 11.2. The molecule has 0 aliphatic rings. The topological polar surface area (TPSA) is 45.2 Å². The summed E-state index contributed by atoms with van der Waals surface area (Å²) < 4.78 is 0. The van der Waals surface area contributed by atoms with E-state index in [9.17, 15) is 4.79 Å². The lowest BCUT2D eigenvalue weighted by atomic mass is 10.1. The van der Waals surface area contributed by atoms with Crippen LogP contribution in [0.15, 0.2) is 29.6 Å². The van der Waals surface area contributed by atoms with Gasteiger partial charge in [-0.15, -0.1) is 11.3 Å². The second kappa shape index (κ2) is 8.22. The molecule has 0 bridgehead atoms. The van der Waals surface area contributed by atoms with Crippen molar-refractivity contribution in [2.75, 3.05) is 26.0 Å². The van der Waals surface area contributed by atoms with Crippen molar-refractivity contribution in [3.05, 3.63) is 45.9 Å². The highest BCUT2D eigenvalue weighted by molar-refractivity contribution is 7.09. The van der Waals surface area contributed by atoms with Crippen molar-refractivity contribution in [1.82, 2.24) is 9.88 Å². The predicted octanol–water partition coefficient (Wildman–Crippen LogP) is 3.70. The third-order valence-corrected chi connectivity index (χ3v) is 4.30. The van der Waals surface area contributed by atoms with Gasteiger partial charge in [-0.25, -0.2) is 4.98 Å². The summed E-state index contributed by atoms with van der Waals surface area (Å²) >= 11 is 1.55. The van der Waals surface area contributed by atoms with Crippen LogP contribution in [0, 0.1) is 5.92 Å². The second-order valence-electron chi connectivity index (χ2n) is 6.43. The number of thiazole rings is 1. The van der Waals surface area contributed by atoms with Crippen LogP contribution in [-0.2, 0) is 12.8 Å². The number of anilines is 1. The Morgan fingerprint density at radius 1 is 1.26 bits per heavy atom. The van der Waals surface area contributed by atoms with Crippen LogP contribution in [0.3, 0.4) is 0 Å². The van der Waals surface area contributed by atoms with Gasteiger partial charge in [-0.3, -0.25) is 4.79 Å². The predicted molar refractivity (Wildman–Crippen MR) is 97.3 cm³/mol. The van der Waals surface area contributed by atoms with E-state index in [1.54, 1.807) is 11.3 Å². The zero-order valence-electron chi connectivity index (χ0n) is 14.3. The molecule has 0 unspecified atom stereocenters. The monoisotopic (exact) mass is 331 g/mol. The van der Waals surface area contributed by atoms with Gasteiger partial charge in [-0.2, -0.15) is 0 Å². The maximum Gasteiger partial charge on any atom is 0.275 e. The van der Waals surface area contributed by atoms with Gasteiger partial charge in [0.15, 0.2) is 0 Å². The van der Waals surface area contributed by atoms with Gasteiger partial charge in [0.05, 0.1) is 5.01 Å². The van der Waals surface area contributed by atoms with Gasteiger partial charge < -0.3 is 10.2 Å². The van der Waals surface area contributed by atoms with Gasteiger partial charge in [0, 0.05) is 24.0 Å². The van der Waals surface area contributed by atoms with Crippen LogP contribution in [0.2, 0.25) is 0 Å². The molecule has 2 aromatic rings. The SMILES string of the molecule is CC(C)Cc1nc(C(=O)Nc2ccc(CCN(C)C)cc2)cs1. The van der Waals surface area contributed by atoms with E-state index in [2.05, 4.69) is 55.3 Å². The average molecular weight is 331 g/mol. The van der Waals surface area contributed by atoms with Crippen LogP contribution in [-0.4, -0.2) is 36.4 Å².